The lowest BCUT2D eigenvalue weighted by atomic mass is 10.3. The lowest BCUT2D eigenvalue weighted by Gasteiger charge is -2.34. The summed E-state index contributed by atoms with van der Waals surface area (Å²) in [7, 11) is -4.20. The number of sulfonamides is 1. The number of amides is 1. The molecular weight excluding hydrogens is 413 g/mol. The summed E-state index contributed by atoms with van der Waals surface area (Å²) < 4.78 is 66.9. The Morgan fingerprint density at radius 1 is 0.964 bits per heavy atom. The quantitative estimate of drug-likeness (QED) is 0.685. The van der Waals surface area contributed by atoms with Gasteiger partial charge in [0.2, 0.25) is 15.9 Å². The number of hydrogen-bond acceptors (Lipinski definition) is 4. The predicted molar refractivity (Wildman–Crippen MR) is 98.8 cm³/mol. The zero-order valence-corrected chi connectivity index (χ0v) is 16.3. The number of piperazine rings is 1. The third-order valence-electron chi connectivity index (χ3n) is 4.29. The van der Waals surface area contributed by atoms with Gasteiger partial charge < -0.3 is 4.90 Å². The maximum absolute atomic E-state index is 13.8. The minimum atomic E-state index is -4.20. The molecule has 0 unspecified atom stereocenters. The summed E-state index contributed by atoms with van der Waals surface area (Å²) in [6.45, 7) is 0.169. The molecule has 1 aliphatic heterocycles. The fourth-order valence-electron chi connectivity index (χ4n) is 2.78. The number of hydrogen-bond donors (Lipinski definition) is 0. The minimum absolute atomic E-state index is 0.0200. The summed E-state index contributed by atoms with van der Waals surface area (Å²) in [6, 6.07) is 8.37. The van der Waals surface area contributed by atoms with E-state index in [4.69, 9.17) is 0 Å². The molecule has 0 atom stereocenters. The monoisotopic (exact) mass is 430 g/mol. The summed E-state index contributed by atoms with van der Waals surface area (Å²) in [6.07, 6.45) is 0. The molecule has 10 heteroatoms. The average molecular weight is 430 g/mol. The highest BCUT2D eigenvalue weighted by Crippen LogP contribution is 2.24. The Morgan fingerprint density at radius 2 is 1.64 bits per heavy atom. The van der Waals surface area contributed by atoms with E-state index in [1.165, 1.54) is 11.0 Å². The van der Waals surface area contributed by atoms with Crippen molar-refractivity contribution < 1.29 is 26.4 Å². The van der Waals surface area contributed by atoms with Gasteiger partial charge in [-0.05, 0) is 30.3 Å². The van der Waals surface area contributed by atoms with Crippen LogP contribution in [0.5, 0.6) is 0 Å². The van der Waals surface area contributed by atoms with Crippen LogP contribution in [0.15, 0.2) is 52.3 Å². The van der Waals surface area contributed by atoms with E-state index in [1.807, 2.05) is 0 Å². The number of thioether (sulfide) groups is 1. The Balaban J connectivity index is 1.60. The first kappa shape index (κ1) is 20.7. The van der Waals surface area contributed by atoms with Crippen LogP contribution in [0, 0.1) is 17.5 Å². The van der Waals surface area contributed by atoms with Crippen molar-refractivity contribution in [2.24, 2.45) is 0 Å². The van der Waals surface area contributed by atoms with Crippen molar-refractivity contribution in [3.05, 3.63) is 59.9 Å². The van der Waals surface area contributed by atoms with E-state index >= 15 is 0 Å². The molecule has 0 aromatic heterocycles. The first-order valence-electron chi connectivity index (χ1n) is 8.39. The van der Waals surface area contributed by atoms with Crippen LogP contribution in [0.4, 0.5) is 13.2 Å². The zero-order chi connectivity index (χ0) is 20.3. The lowest BCUT2D eigenvalue weighted by molar-refractivity contribution is -0.129. The molecule has 1 aliphatic rings. The fraction of sp³-hybridized carbons (Fsp3) is 0.278. The summed E-state index contributed by atoms with van der Waals surface area (Å²) in [4.78, 5) is 13.4. The normalized spacial score (nSPS) is 15.6. The van der Waals surface area contributed by atoms with Crippen molar-refractivity contribution in [1.29, 1.82) is 0 Å². The van der Waals surface area contributed by atoms with E-state index in [0.29, 0.717) is 11.0 Å². The summed E-state index contributed by atoms with van der Waals surface area (Å²) in [5.74, 6) is -2.51. The van der Waals surface area contributed by atoms with Crippen LogP contribution in [-0.4, -0.2) is 55.5 Å². The second-order valence-corrected chi connectivity index (χ2v) is 9.00. The Morgan fingerprint density at radius 3 is 2.32 bits per heavy atom. The van der Waals surface area contributed by atoms with Crippen molar-refractivity contribution in [3.8, 4) is 0 Å². The van der Waals surface area contributed by atoms with Crippen LogP contribution < -0.4 is 0 Å². The molecule has 2 aromatic rings. The van der Waals surface area contributed by atoms with Crippen LogP contribution in [0.2, 0.25) is 0 Å². The number of benzene rings is 2. The van der Waals surface area contributed by atoms with E-state index in [-0.39, 0.29) is 37.8 Å². The minimum Gasteiger partial charge on any atom is -0.339 e. The van der Waals surface area contributed by atoms with Gasteiger partial charge in [-0.3, -0.25) is 4.79 Å². The summed E-state index contributed by atoms with van der Waals surface area (Å²) >= 11 is 1.07. The van der Waals surface area contributed by atoms with Crippen LogP contribution in [-0.2, 0) is 14.8 Å². The highest BCUT2D eigenvalue weighted by atomic mass is 32.2. The highest BCUT2D eigenvalue weighted by molar-refractivity contribution is 8.00. The number of halogens is 3. The molecule has 1 heterocycles. The SMILES string of the molecule is O=C(CSc1ccccc1F)N1CCN(S(=O)(=O)c2cc(F)ccc2F)CC1. The van der Waals surface area contributed by atoms with Crippen molar-refractivity contribution in [1.82, 2.24) is 9.21 Å². The number of rotatable bonds is 5. The van der Waals surface area contributed by atoms with Crippen molar-refractivity contribution in [2.75, 3.05) is 31.9 Å². The van der Waals surface area contributed by atoms with Crippen LogP contribution in [0.3, 0.4) is 0 Å². The van der Waals surface area contributed by atoms with E-state index < -0.39 is 32.4 Å². The molecule has 0 radical (unpaired) electrons. The fourth-order valence-corrected chi connectivity index (χ4v) is 5.12. The third kappa shape index (κ3) is 4.50. The molecule has 0 saturated carbocycles. The van der Waals surface area contributed by atoms with Crippen LogP contribution in [0.25, 0.3) is 0 Å². The smallest absolute Gasteiger partial charge is 0.246 e. The topological polar surface area (TPSA) is 57.7 Å². The second kappa shape index (κ2) is 8.54. The van der Waals surface area contributed by atoms with E-state index in [1.54, 1.807) is 18.2 Å². The molecule has 1 saturated heterocycles. The van der Waals surface area contributed by atoms with E-state index in [0.717, 1.165) is 28.2 Å². The molecule has 0 spiro atoms. The van der Waals surface area contributed by atoms with Gasteiger partial charge in [-0.15, -0.1) is 11.8 Å². The first-order chi connectivity index (χ1) is 13.3. The van der Waals surface area contributed by atoms with Crippen LogP contribution >= 0.6 is 11.8 Å². The number of nitrogens with zero attached hydrogens (tertiary/aromatic N) is 2. The molecule has 1 fully saturated rings. The summed E-state index contributed by atoms with van der Waals surface area (Å²) in [5.41, 5.74) is 0. The molecular formula is C18H17F3N2O3S2. The molecule has 3 rings (SSSR count). The van der Waals surface area contributed by atoms with Crippen molar-refractivity contribution >= 4 is 27.7 Å². The standard InChI is InChI=1S/C18H17F3N2O3S2/c19-13-5-6-15(21)17(11-13)28(25,26)23-9-7-22(8-10-23)18(24)12-27-16-4-2-1-3-14(16)20/h1-6,11H,7-10,12H2. The van der Waals surface area contributed by atoms with Gasteiger partial charge in [-0.2, -0.15) is 4.31 Å². The average Bonchev–Trinajstić information content (AvgIpc) is 2.69. The van der Waals surface area contributed by atoms with Gasteiger partial charge in [0.1, 0.15) is 22.3 Å². The van der Waals surface area contributed by atoms with Crippen molar-refractivity contribution in [2.45, 2.75) is 9.79 Å². The largest absolute Gasteiger partial charge is 0.339 e. The van der Waals surface area contributed by atoms with E-state index in [9.17, 15) is 26.4 Å². The Labute approximate surface area is 165 Å². The van der Waals surface area contributed by atoms with Gasteiger partial charge in [0.25, 0.3) is 0 Å². The molecule has 28 heavy (non-hydrogen) atoms. The molecule has 2 aromatic carbocycles. The third-order valence-corrected chi connectivity index (χ3v) is 7.24. The molecule has 5 nitrogen and oxygen atoms in total. The Hall–Kier alpha value is -2.04. The predicted octanol–water partition coefficient (Wildman–Crippen LogP) is 2.73. The highest BCUT2D eigenvalue weighted by Gasteiger charge is 2.32. The zero-order valence-electron chi connectivity index (χ0n) is 14.6. The van der Waals surface area contributed by atoms with Gasteiger partial charge in [-0.25, -0.2) is 21.6 Å². The number of carbonyl (C=O) groups excluding carboxylic acids is 1. The Bertz CT molecular complexity index is 978. The van der Waals surface area contributed by atoms with Gasteiger partial charge in [0.15, 0.2) is 0 Å². The molecule has 0 aliphatic carbocycles. The molecule has 0 N–H and O–H groups in total. The van der Waals surface area contributed by atoms with Gasteiger partial charge in [0, 0.05) is 31.1 Å². The van der Waals surface area contributed by atoms with Gasteiger partial charge in [0.05, 0.1) is 5.75 Å². The van der Waals surface area contributed by atoms with Crippen molar-refractivity contribution in [3.63, 3.8) is 0 Å². The van der Waals surface area contributed by atoms with Gasteiger partial charge in [-0.1, -0.05) is 12.1 Å². The van der Waals surface area contributed by atoms with Gasteiger partial charge >= 0.3 is 0 Å². The second-order valence-electron chi connectivity index (χ2n) is 6.08. The van der Waals surface area contributed by atoms with Crippen LogP contribution in [0.1, 0.15) is 0 Å². The molecule has 0 bridgehead atoms. The lowest BCUT2D eigenvalue weighted by Crippen LogP contribution is -2.51. The van der Waals surface area contributed by atoms with E-state index in [2.05, 4.69) is 0 Å². The summed E-state index contributed by atoms with van der Waals surface area (Å²) in [5, 5.41) is 0. The molecule has 1 amide bonds. The molecule has 150 valence electrons. The maximum Gasteiger partial charge on any atom is 0.246 e. The first-order valence-corrected chi connectivity index (χ1v) is 10.8. The number of carbonyl (C=O) groups is 1. The maximum atomic E-state index is 13.8. The Kier molecular flexibility index (Phi) is 6.31.